The molecule has 0 aliphatic carbocycles. The summed E-state index contributed by atoms with van der Waals surface area (Å²) in [5.74, 6) is -0.394. The Hall–Kier alpha value is -2.08. The maximum atomic E-state index is 13.8. The number of hydrogen-bond donors (Lipinski definition) is 0. The van der Waals surface area contributed by atoms with Crippen molar-refractivity contribution in [2.45, 2.75) is 30.5 Å². The first-order valence-electron chi connectivity index (χ1n) is 11.3. The van der Waals surface area contributed by atoms with Crippen molar-refractivity contribution < 1.29 is 13.2 Å². The number of rotatable bonds is 6. The Bertz CT molecular complexity index is 1510. The van der Waals surface area contributed by atoms with Gasteiger partial charge in [-0.05, 0) is 61.2 Å². The molecule has 1 fully saturated rings. The van der Waals surface area contributed by atoms with Crippen LogP contribution in [0.2, 0.25) is 9.36 Å². The van der Waals surface area contributed by atoms with Crippen molar-refractivity contribution in [2.24, 2.45) is 5.92 Å². The summed E-state index contributed by atoms with van der Waals surface area (Å²) in [5.41, 5.74) is 2.54. The highest BCUT2D eigenvalue weighted by molar-refractivity contribution is 7.91. The molecule has 1 aliphatic heterocycles. The Balaban J connectivity index is 1.40. The first-order chi connectivity index (χ1) is 17.2. The molecule has 7 nitrogen and oxygen atoms in total. The molecule has 1 saturated heterocycles. The van der Waals surface area contributed by atoms with E-state index in [0.717, 1.165) is 32.7 Å². The Morgan fingerprint density at radius 2 is 1.92 bits per heavy atom. The van der Waals surface area contributed by atoms with Gasteiger partial charge in [-0.2, -0.15) is 4.31 Å². The minimum Gasteiger partial charge on any atom is -0.283 e. The van der Waals surface area contributed by atoms with Crippen molar-refractivity contribution in [1.82, 2.24) is 14.3 Å². The molecule has 0 radical (unpaired) electrons. The average molecular weight is 582 g/mol. The van der Waals surface area contributed by atoms with Crippen molar-refractivity contribution in [3.8, 4) is 0 Å². The third-order valence-corrected chi connectivity index (χ3v) is 11.3. The first kappa shape index (κ1) is 25.6. The Morgan fingerprint density at radius 3 is 2.58 bits per heavy atom. The third kappa shape index (κ3) is 5.03. The molecule has 0 spiro atoms. The summed E-state index contributed by atoms with van der Waals surface area (Å²) in [6, 6.07) is 10.6. The number of anilines is 1. The van der Waals surface area contributed by atoms with Crippen LogP contribution in [0.3, 0.4) is 0 Å². The van der Waals surface area contributed by atoms with Crippen LogP contribution in [0.15, 0.2) is 53.0 Å². The fraction of sp³-hybridized carbons (Fsp3) is 0.292. The van der Waals surface area contributed by atoms with Gasteiger partial charge >= 0.3 is 0 Å². The van der Waals surface area contributed by atoms with Gasteiger partial charge in [0, 0.05) is 36.4 Å². The number of carbonyl (C=O) groups is 1. The summed E-state index contributed by atoms with van der Waals surface area (Å²) in [4.78, 5) is 24.5. The van der Waals surface area contributed by atoms with Crippen LogP contribution in [0.4, 0.5) is 5.13 Å². The predicted molar refractivity (Wildman–Crippen MR) is 146 cm³/mol. The molecule has 0 unspecified atom stereocenters. The molecule has 188 valence electrons. The number of sulfonamides is 1. The van der Waals surface area contributed by atoms with E-state index in [2.05, 4.69) is 4.98 Å². The zero-order valence-corrected chi connectivity index (χ0v) is 23.2. The van der Waals surface area contributed by atoms with E-state index in [-0.39, 0.29) is 29.1 Å². The van der Waals surface area contributed by atoms with Gasteiger partial charge in [0.2, 0.25) is 5.91 Å². The van der Waals surface area contributed by atoms with Crippen molar-refractivity contribution in [3.05, 3.63) is 69.3 Å². The Labute approximate surface area is 227 Å². The van der Waals surface area contributed by atoms with Crippen LogP contribution < -0.4 is 4.90 Å². The zero-order chi connectivity index (χ0) is 25.4. The summed E-state index contributed by atoms with van der Waals surface area (Å²) in [6.45, 7) is 2.77. The minimum atomic E-state index is -3.63. The monoisotopic (exact) mass is 580 g/mol. The second-order valence-corrected chi connectivity index (χ2v) is 13.8. The van der Waals surface area contributed by atoms with Gasteiger partial charge in [-0.25, -0.2) is 13.4 Å². The van der Waals surface area contributed by atoms with Gasteiger partial charge in [0.05, 0.1) is 21.1 Å². The number of hydrogen-bond acceptors (Lipinski definition) is 7. The fourth-order valence-electron chi connectivity index (χ4n) is 4.25. The highest BCUT2D eigenvalue weighted by Gasteiger charge is 2.35. The fourth-order valence-corrected chi connectivity index (χ4v) is 8.53. The van der Waals surface area contributed by atoms with Crippen LogP contribution in [0.5, 0.6) is 0 Å². The van der Waals surface area contributed by atoms with E-state index >= 15 is 0 Å². The summed E-state index contributed by atoms with van der Waals surface area (Å²) in [5, 5.41) is 1.22. The van der Waals surface area contributed by atoms with Crippen molar-refractivity contribution in [3.63, 3.8) is 0 Å². The Kier molecular flexibility index (Phi) is 7.35. The Morgan fingerprint density at radius 1 is 1.14 bits per heavy atom. The van der Waals surface area contributed by atoms with Crippen molar-refractivity contribution in [2.75, 3.05) is 18.0 Å². The number of pyridine rings is 1. The predicted octanol–water partition coefficient (Wildman–Crippen LogP) is 6.00. The molecule has 1 aromatic carbocycles. The van der Waals surface area contributed by atoms with Crippen LogP contribution in [0.1, 0.15) is 24.0 Å². The summed E-state index contributed by atoms with van der Waals surface area (Å²) in [7, 11) is -3.63. The molecule has 0 bridgehead atoms. The number of aryl methyl sites for hydroxylation is 1. The number of amides is 1. The van der Waals surface area contributed by atoms with Gasteiger partial charge < -0.3 is 0 Å². The van der Waals surface area contributed by atoms with Crippen LogP contribution in [-0.2, 0) is 21.4 Å². The first-order valence-corrected chi connectivity index (χ1v) is 15.1. The lowest BCUT2D eigenvalue weighted by molar-refractivity contribution is -0.123. The van der Waals surface area contributed by atoms with E-state index < -0.39 is 10.0 Å². The molecule has 4 aromatic rings. The maximum absolute atomic E-state index is 13.8. The summed E-state index contributed by atoms with van der Waals surface area (Å²) < 4.78 is 29.0. The van der Waals surface area contributed by atoms with Crippen LogP contribution in [0, 0.1) is 12.8 Å². The number of halogens is 2. The molecular weight excluding hydrogens is 559 g/mol. The van der Waals surface area contributed by atoms with Crippen LogP contribution in [-0.4, -0.2) is 41.7 Å². The number of piperidine rings is 1. The van der Waals surface area contributed by atoms with Gasteiger partial charge in [0.15, 0.2) is 5.13 Å². The zero-order valence-electron chi connectivity index (χ0n) is 19.2. The van der Waals surface area contributed by atoms with Gasteiger partial charge in [-0.15, -0.1) is 11.3 Å². The molecule has 3 aromatic heterocycles. The normalized spacial score (nSPS) is 15.4. The van der Waals surface area contributed by atoms with E-state index in [4.69, 9.17) is 28.2 Å². The standard InChI is InChI=1S/C24H22Cl2N4O3S3/c1-15-18(25)4-5-19-22(15)28-24(34-19)30(14-16-3-2-10-27-13-16)23(31)17-8-11-29(12-9-17)36(32,33)21-7-6-20(26)35-21/h2-7,10,13,17H,8-9,11-12,14H2,1H3. The third-order valence-electron chi connectivity index (χ3n) is 6.24. The molecule has 0 saturated carbocycles. The second kappa shape index (κ2) is 10.4. The molecule has 36 heavy (non-hydrogen) atoms. The average Bonchev–Trinajstić information content (AvgIpc) is 3.52. The highest BCUT2D eigenvalue weighted by atomic mass is 35.5. The van der Waals surface area contributed by atoms with E-state index in [1.165, 1.54) is 21.7 Å². The smallest absolute Gasteiger partial charge is 0.252 e. The molecule has 1 amide bonds. The van der Waals surface area contributed by atoms with Crippen LogP contribution in [0.25, 0.3) is 10.2 Å². The van der Waals surface area contributed by atoms with Gasteiger partial charge in [-0.3, -0.25) is 14.7 Å². The SMILES string of the molecule is Cc1c(Cl)ccc2sc(N(Cc3cccnc3)C(=O)C3CCN(S(=O)(=O)c4ccc(Cl)s4)CC3)nc12. The van der Waals surface area contributed by atoms with Crippen molar-refractivity contribution in [1.29, 1.82) is 0 Å². The number of benzene rings is 1. The van der Waals surface area contributed by atoms with E-state index in [0.29, 0.717) is 33.9 Å². The number of nitrogens with zero attached hydrogens (tertiary/aromatic N) is 4. The lowest BCUT2D eigenvalue weighted by atomic mass is 9.96. The molecule has 0 N–H and O–H groups in total. The molecule has 12 heteroatoms. The molecule has 5 rings (SSSR count). The molecular formula is C24H22Cl2N4O3S3. The highest BCUT2D eigenvalue weighted by Crippen LogP contribution is 2.36. The largest absolute Gasteiger partial charge is 0.283 e. The van der Waals surface area contributed by atoms with Gasteiger partial charge in [0.25, 0.3) is 10.0 Å². The van der Waals surface area contributed by atoms with Crippen molar-refractivity contribution >= 4 is 77.2 Å². The van der Waals surface area contributed by atoms with E-state index in [9.17, 15) is 13.2 Å². The number of thiophene rings is 1. The molecule has 1 aliphatic rings. The maximum Gasteiger partial charge on any atom is 0.252 e. The molecule has 4 heterocycles. The van der Waals surface area contributed by atoms with Crippen LogP contribution >= 0.6 is 45.9 Å². The summed E-state index contributed by atoms with van der Waals surface area (Å²) >= 11 is 14.7. The lowest BCUT2D eigenvalue weighted by Crippen LogP contribution is -2.44. The quantitative estimate of drug-likeness (QED) is 0.279. The van der Waals surface area contributed by atoms with Gasteiger partial charge in [-0.1, -0.05) is 40.6 Å². The lowest BCUT2D eigenvalue weighted by Gasteiger charge is -2.32. The number of thiazole rings is 1. The molecule has 0 atom stereocenters. The number of carbonyl (C=O) groups excluding carboxylic acids is 1. The van der Waals surface area contributed by atoms with E-state index in [1.54, 1.807) is 23.4 Å². The van der Waals surface area contributed by atoms with E-state index in [1.807, 2.05) is 31.2 Å². The number of aromatic nitrogens is 2. The topological polar surface area (TPSA) is 83.5 Å². The minimum absolute atomic E-state index is 0.0714. The summed E-state index contributed by atoms with van der Waals surface area (Å²) in [6.07, 6.45) is 4.28. The second-order valence-electron chi connectivity index (χ2n) is 8.54. The number of fused-ring (bicyclic) bond motifs is 1. The van der Waals surface area contributed by atoms with Gasteiger partial charge in [0.1, 0.15) is 4.21 Å².